The summed E-state index contributed by atoms with van der Waals surface area (Å²) in [6, 6.07) is 0.550. The van der Waals surface area contributed by atoms with Gasteiger partial charge in [0.15, 0.2) is 5.16 Å². The standard InChI is InChI=1S/C9H18N4OS/c1-7(10-2)5-4-6-15-9-12-11-8(14)13(9)3/h7,10H,4-6H2,1-3H3,(H,11,14). The Morgan fingerprint density at radius 2 is 2.40 bits per heavy atom. The van der Waals surface area contributed by atoms with Crippen LogP contribution in [0.25, 0.3) is 0 Å². The molecule has 0 bridgehead atoms. The summed E-state index contributed by atoms with van der Waals surface area (Å²) >= 11 is 1.61. The summed E-state index contributed by atoms with van der Waals surface area (Å²) < 4.78 is 1.53. The van der Waals surface area contributed by atoms with Gasteiger partial charge in [0, 0.05) is 18.8 Å². The van der Waals surface area contributed by atoms with Gasteiger partial charge in [-0.25, -0.2) is 9.89 Å². The van der Waals surface area contributed by atoms with E-state index in [9.17, 15) is 4.79 Å². The minimum absolute atomic E-state index is 0.152. The van der Waals surface area contributed by atoms with Gasteiger partial charge >= 0.3 is 5.69 Å². The van der Waals surface area contributed by atoms with Crippen LogP contribution in [0, 0.1) is 0 Å². The van der Waals surface area contributed by atoms with Crippen LogP contribution in [0.5, 0.6) is 0 Å². The number of nitrogens with zero attached hydrogens (tertiary/aromatic N) is 2. The van der Waals surface area contributed by atoms with Gasteiger partial charge in [-0.2, -0.15) is 0 Å². The van der Waals surface area contributed by atoms with Crippen molar-refractivity contribution >= 4 is 11.8 Å². The first-order valence-corrected chi connectivity index (χ1v) is 6.05. The maximum absolute atomic E-state index is 11.0. The summed E-state index contributed by atoms with van der Waals surface area (Å²) in [7, 11) is 3.69. The van der Waals surface area contributed by atoms with Crippen molar-refractivity contribution in [3.05, 3.63) is 10.5 Å². The average molecular weight is 230 g/mol. The van der Waals surface area contributed by atoms with E-state index in [4.69, 9.17) is 0 Å². The second kappa shape index (κ2) is 5.97. The van der Waals surface area contributed by atoms with Gasteiger partial charge in [-0.3, -0.25) is 4.57 Å². The number of hydrogen-bond acceptors (Lipinski definition) is 4. The van der Waals surface area contributed by atoms with Crippen LogP contribution in [0.1, 0.15) is 19.8 Å². The number of hydrogen-bond donors (Lipinski definition) is 2. The number of aromatic nitrogens is 3. The minimum Gasteiger partial charge on any atom is -0.317 e. The Hall–Kier alpha value is -0.750. The first-order valence-electron chi connectivity index (χ1n) is 5.06. The van der Waals surface area contributed by atoms with E-state index in [0.29, 0.717) is 6.04 Å². The third-order valence-corrected chi connectivity index (χ3v) is 3.46. The molecule has 2 N–H and O–H groups in total. The van der Waals surface area contributed by atoms with Gasteiger partial charge < -0.3 is 5.32 Å². The number of nitrogens with one attached hydrogen (secondary N) is 2. The van der Waals surface area contributed by atoms with Crippen LogP contribution in [0.3, 0.4) is 0 Å². The van der Waals surface area contributed by atoms with E-state index >= 15 is 0 Å². The zero-order chi connectivity index (χ0) is 11.3. The molecule has 1 aromatic heterocycles. The molecule has 0 aliphatic carbocycles. The van der Waals surface area contributed by atoms with E-state index in [1.807, 2.05) is 7.05 Å². The van der Waals surface area contributed by atoms with Crippen molar-refractivity contribution in [3.8, 4) is 0 Å². The quantitative estimate of drug-likeness (QED) is 0.554. The van der Waals surface area contributed by atoms with Crippen LogP contribution in [0.4, 0.5) is 0 Å². The van der Waals surface area contributed by atoms with Crippen LogP contribution in [-0.4, -0.2) is 33.6 Å². The van der Waals surface area contributed by atoms with Crippen molar-refractivity contribution in [2.45, 2.75) is 31.0 Å². The van der Waals surface area contributed by atoms with Gasteiger partial charge in [-0.15, -0.1) is 5.10 Å². The van der Waals surface area contributed by atoms with Gasteiger partial charge in [0.05, 0.1) is 0 Å². The highest BCUT2D eigenvalue weighted by molar-refractivity contribution is 7.99. The molecule has 0 spiro atoms. The molecule has 0 aromatic carbocycles. The van der Waals surface area contributed by atoms with Crippen molar-refractivity contribution in [3.63, 3.8) is 0 Å². The Bertz CT molecular complexity index is 346. The van der Waals surface area contributed by atoms with Crippen molar-refractivity contribution < 1.29 is 0 Å². The highest BCUT2D eigenvalue weighted by Gasteiger charge is 2.04. The molecule has 0 radical (unpaired) electrons. The number of H-pyrrole nitrogens is 1. The molecule has 1 aromatic rings. The van der Waals surface area contributed by atoms with E-state index in [-0.39, 0.29) is 5.69 Å². The number of thioether (sulfide) groups is 1. The van der Waals surface area contributed by atoms with Crippen LogP contribution in [0.15, 0.2) is 9.95 Å². The zero-order valence-electron chi connectivity index (χ0n) is 9.41. The third-order valence-electron chi connectivity index (χ3n) is 2.34. The first kappa shape index (κ1) is 12.3. The fourth-order valence-corrected chi connectivity index (χ4v) is 2.04. The molecule has 0 amide bonds. The Morgan fingerprint density at radius 1 is 1.67 bits per heavy atom. The van der Waals surface area contributed by atoms with Gasteiger partial charge in [0.1, 0.15) is 0 Å². The van der Waals surface area contributed by atoms with E-state index in [2.05, 4.69) is 22.4 Å². The van der Waals surface area contributed by atoms with Gasteiger partial charge in [0.25, 0.3) is 0 Å². The summed E-state index contributed by atoms with van der Waals surface area (Å²) in [5.74, 6) is 0.990. The second-order valence-electron chi connectivity index (χ2n) is 3.55. The summed E-state index contributed by atoms with van der Waals surface area (Å²) in [5.41, 5.74) is -0.152. The molecule has 0 saturated carbocycles. The molecule has 0 aliphatic rings. The average Bonchev–Trinajstić information content (AvgIpc) is 2.55. The van der Waals surface area contributed by atoms with Gasteiger partial charge in [-0.05, 0) is 26.8 Å². The van der Waals surface area contributed by atoms with E-state index in [1.54, 1.807) is 18.8 Å². The largest absolute Gasteiger partial charge is 0.343 e. The van der Waals surface area contributed by atoms with Crippen LogP contribution < -0.4 is 11.0 Å². The smallest absolute Gasteiger partial charge is 0.317 e. The molecule has 1 rings (SSSR count). The van der Waals surface area contributed by atoms with Crippen LogP contribution in [0.2, 0.25) is 0 Å². The lowest BCUT2D eigenvalue weighted by Gasteiger charge is -2.08. The van der Waals surface area contributed by atoms with Gasteiger partial charge in [-0.1, -0.05) is 11.8 Å². The lowest BCUT2D eigenvalue weighted by Crippen LogP contribution is -2.20. The maximum Gasteiger partial charge on any atom is 0.343 e. The molecule has 1 heterocycles. The SMILES string of the molecule is CNC(C)CCCSc1n[nH]c(=O)n1C. The molecule has 0 aliphatic heterocycles. The normalized spacial score (nSPS) is 13.0. The summed E-state index contributed by atoms with van der Waals surface area (Å²) in [6.45, 7) is 2.16. The Morgan fingerprint density at radius 3 is 2.93 bits per heavy atom. The van der Waals surface area contributed by atoms with Crippen molar-refractivity contribution in [1.82, 2.24) is 20.1 Å². The Balaban J connectivity index is 2.26. The predicted molar refractivity (Wildman–Crippen MR) is 62.3 cm³/mol. The summed E-state index contributed by atoms with van der Waals surface area (Å²) in [4.78, 5) is 11.0. The number of rotatable bonds is 6. The van der Waals surface area contributed by atoms with Crippen molar-refractivity contribution in [1.29, 1.82) is 0 Å². The molecule has 1 unspecified atom stereocenters. The highest BCUT2D eigenvalue weighted by Crippen LogP contribution is 2.14. The van der Waals surface area contributed by atoms with E-state index < -0.39 is 0 Å². The van der Waals surface area contributed by atoms with E-state index in [1.165, 1.54) is 4.57 Å². The highest BCUT2D eigenvalue weighted by atomic mass is 32.2. The topological polar surface area (TPSA) is 62.7 Å². The Kier molecular flexibility index (Phi) is 4.90. The Labute approximate surface area is 93.6 Å². The number of aromatic amines is 1. The van der Waals surface area contributed by atoms with Crippen molar-refractivity contribution in [2.24, 2.45) is 7.05 Å². The molecule has 1 atom stereocenters. The molecule has 0 saturated heterocycles. The molecule has 0 fully saturated rings. The maximum atomic E-state index is 11.0. The fraction of sp³-hybridized carbons (Fsp3) is 0.778. The predicted octanol–water partition coefficient (Wildman–Crippen LogP) is 0.589. The summed E-state index contributed by atoms with van der Waals surface area (Å²) in [6.07, 6.45) is 2.26. The lowest BCUT2D eigenvalue weighted by molar-refractivity contribution is 0.559. The molecule has 86 valence electrons. The molecular weight excluding hydrogens is 212 g/mol. The van der Waals surface area contributed by atoms with Crippen molar-refractivity contribution in [2.75, 3.05) is 12.8 Å². The first-order chi connectivity index (χ1) is 7.15. The van der Waals surface area contributed by atoms with E-state index in [0.717, 1.165) is 23.8 Å². The molecule has 15 heavy (non-hydrogen) atoms. The lowest BCUT2D eigenvalue weighted by atomic mass is 10.2. The molecule has 5 nitrogen and oxygen atoms in total. The van der Waals surface area contributed by atoms with Gasteiger partial charge in [0.2, 0.25) is 0 Å². The molecule has 6 heteroatoms. The van der Waals surface area contributed by atoms with Crippen LogP contribution in [-0.2, 0) is 7.05 Å². The fourth-order valence-electron chi connectivity index (χ4n) is 1.16. The monoisotopic (exact) mass is 230 g/mol. The minimum atomic E-state index is -0.152. The second-order valence-corrected chi connectivity index (χ2v) is 4.61. The summed E-state index contributed by atoms with van der Waals surface area (Å²) in [5, 5.41) is 10.3. The zero-order valence-corrected chi connectivity index (χ0v) is 10.2. The molecular formula is C9H18N4OS. The van der Waals surface area contributed by atoms with Crippen LogP contribution >= 0.6 is 11.8 Å². The third kappa shape index (κ3) is 3.71.